The van der Waals surface area contributed by atoms with E-state index < -0.39 is 5.97 Å². The molecule has 20 heavy (non-hydrogen) atoms. The Kier molecular flexibility index (Phi) is 8.28. The minimum absolute atomic E-state index is 0.127. The van der Waals surface area contributed by atoms with Crippen molar-refractivity contribution in [3.63, 3.8) is 0 Å². The molecular weight excluding hydrogens is 266 g/mol. The molecule has 0 aliphatic carbocycles. The molecule has 0 atom stereocenters. The summed E-state index contributed by atoms with van der Waals surface area (Å²) in [7, 11) is 1.62. The van der Waals surface area contributed by atoms with Gasteiger partial charge in [0.2, 0.25) is 5.88 Å². The van der Waals surface area contributed by atoms with E-state index in [1.54, 1.807) is 7.11 Å². The maximum absolute atomic E-state index is 10.6. The first-order chi connectivity index (χ1) is 9.74. The number of aromatic nitrogens is 1. The summed E-state index contributed by atoms with van der Waals surface area (Å²) >= 11 is 0. The molecule has 1 aromatic rings. The van der Waals surface area contributed by atoms with Crippen molar-refractivity contribution in [1.29, 1.82) is 0 Å². The van der Waals surface area contributed by atoms with Crippen LogP contribution in [0.15, 0.2) is 18.3 Å². The summed E-state index contributed by atoms with van der Waals surface area (Å²) in [6.45, 7) is 2.87. The molecule has 1 rings (SSSR count). The van der Waals surface area contributed by atoms with E-state index in [4.69, 9.17) is 24.1 Å². The standard InChI is InChI=1S/C13H19NO6/c1-17-4-5-18-6-7-19-8-9-20-12-3-2-11(10-14-12)13(15)16/h2-3,10H,4-9H2,1H3,(H,15,16). The van der Waals surface area contributed by atoms with Crippen LogP contribution in [0.25, 0.3) is 0 Å². The van der Waals surface area contributed by atoms with Gasteiger partial charge in [0.1, 0.15) is 6.61 Å². The van der Waals surface area contributed by atoms with Crippen molar-refractivity contribution in [2.24, 2.45) is 0 Å². The van der Waals surface area contributed by atoms with Gasteiger partial charge in [0.25, 0.3) is 0 Å². The van der Waals surface area contributed by atoms with Crippen LogP contribution in [0.5, 0.6) is 5.88 Å². The number of hydrogen-bond acceptors (Lipinski definition) is 6. The number of ether oxygens (including phenoxy) is 4. The number of carboxylic acid groups (broad SMARTS) is 1. The lowest BCUT2D eigenvalue weighted by atomic mass is 10.3. The second-order valence-corrected chi connectivity index (χ2v) is 3.76. The molecule has 0 radical (unpaired) electrons. The summed E-state index contributed by atoms with van der Waals surface area (Å²) in [5, 5.41) is 8.71. The second-order valence-electron chi connectivity index (χ2n) is 3.76. The van der Waals surface area contributed by atoms with Gasteiger partial charge in [0.15, 0.2) is 0 Å². The van der Waals surface area contributed by atoms with Crippen molar-refractivity contribution in [2.75, 3.05) is 46.8 Å². The van der Waals surface area contributed by atoms with Gasteiger partial charge < -0.3 is 24.1 Å². The fourth-order valence-corrected chi connectivity index (χ4v) is 1.26. The number of carbonyl (C=O) groups is 1. The topological polar surface area (TPSA) is 87.1 Å². The highest BCUT2D eigenvalue weighted by Gasteiger charge is 2.03. The number of rotatable bonds is 11. The van der Waals surface area contributed by atoms with Gasteiger partial charge in [0, 0.05) is 19.4 Å². The number of aromatic carboxylic acids is 1. The summed E-state index contributed by atoms with van der Waals surface area (Å²) in [5.74, 6) is -0.643. The lowest BCUT2D eigenvalue weighted by Gasteiger charge is -2.07. The molecule has 0 fully saturated rings. The van der Waals surface area contributed by atoms with Gasteiger partial charge in [0.05, 0.1) is 38.6 Å². The molecule has 0 saturated heterocycles. The van der Waals surface area contributed by atoms with Crippen LogP contribution in [0.4, 0.5) is 0 Å². The fraction of sp³-hybridized carbons (Fsp3) is 0.538. The van der Waals surface area contributed by atoms with E-state index >= 15 is 0 Å². The van der Waals surface area contributed by atoms with Crippen molar-refractivity contribution >= 4 is 5.97 Å². The van der Waals surface area contributed by atoms with E-state index in [9.17, 15) is 4.79 Å². The quantitative estimate of drug-likeness (QED) is 0.603. The molecular formula is C13H19NO6. The van der Waals surface area contributed by atoms with Gasteiger partial charge in [-0.05, 0) is 6.07 Å². The van der Waals surface area contributed by atoms with Gasteiger partial charge in [-0.1, -0.05) is 0 Å². The number of nitrogens with zero attached hydrogens (tertiary/aromatic N) is 1. The third-order valence-electron chi connectivity index (χ3n) is 2.26. The first-order valence-electron chi connectivity index (χ1n) is 6.20. The molecule has 7 heteroatoms. The molecule has 0 unspecified atom stereocenters. The SMILES string of the molecule is COCCOCCOCCOc1ccc(C(=O)O)cn1. The predicted octanol–water partition coefficient (Wildman–Crippen LogP) is 0.838. The zero-order chi connectivity index (χ0) is 14.6. The largest absolute Gasteiger partial charge is 0.478 e. The van der Waals surface area contributed by atoms with E-state index in [0.29, 0.717) is 45.5 Å². The smallest absolute Gasteiger partial charge is 0.337 e. The third-order valence-corrected chi connectivity index (χ3v) is 2.26. The van der Waals surface area contributed by atoms with E-state index in [-0.39, 0.29) is 5.56 Å². The van der Waals surface area contributed by atoms with Gasteiger partial charge in [-0.15, -0.1) is 0 Å². The van der Waals surface area contributed by atoms with Gasteiger partial charge in [-0.3, -0.25) is 0 Å². The van der Waals surface area contributed by atoms with E-state index in [0.717, 1.165) is 0 Å². The molecule has 1 aromatic heterocycles. The van der Waals surface area contributed by atoms with Crippen molar-refractivity contribution in [2.45, 2.75) is 0 Å². The Morgan fingerprint density at radius 2 is 1.75 bits per heavy atom. The predicted molar refractivity (Wildman–Crippen MR) is 70.2 cm³/mol. The maximum Gasteiger partial charge on any atom is 0.337 e. The molecule has 1 N–H and O–H groups in total. The van der Waals surface area contributed by atoms with E-state index in [1.165, 1.54) is 18.3 Å². The lowest BCUT2D eigenvalue weighted by molar-refractivity contribution is 0.0176. The molecule has 0 spiro atoms. The molecule has 0 saturated carbocycles. The zero-order valence-electron chi connectivity index (χ0n) is 11.4. The lowest BCUT2D eigenvalue weighted by Crippen LogP contribution is -2.12. The summed E-state index contributed by atoms with van der Waals surface area (Å²) in [5.41, 5.74) is 0.127. The van der Waals surface area contributed by atoms with Crippen molar-refractivity contribution in [3.05, 3.63) is 23.9 Å². The van der Waals surface area contributed by atoms with Crippen molar-refractivity contribution in [3.8, 4) is 5.88 Å². The van der Waals surface area contributed by atoms with Crippen LogP contribution in [0, 0.1) is 0 Å². The molecule has 0 aromatic carbocycles. The summed E-state index contributed by atoms with van der Waals surface area (Å²) in [6, 6.07) is 2.95. The summed E-state index contributed by atoms with van der Waals surface area (Å²) in [4.78, 5) is 14.5. The van der Waals surface area contributed by atoms with Crippen molar-refractivity contribution in [1.82, 2.24) is 4.98 Å². The summed E-state index contributed by atoms with van der Waals surface area (Å²) in [6.07, 6.45) is 1.25. The van der Waals surface area contributed by atoms with Gasteiger partial charge in [-0.2, -0.15) is 0 Å². The molecule has 112 valence electrons. The molecule has 0 aliphatic rings. The van der Waals surface area contributed by atoms with Crippen molar-refractivity contribution < 1.29 is 28.8 Å². The average molecular weight is 285 g/mol. The van der Waals surface area contributed by atoms with Crippen LogP contribution in [0.2, 0.25) is 0 Å². The number of methoxy groups -OCH3 is 1. The highest BCUT2D eigenvalue weighted by atomic mass is 16.6. The van der Waals surface area contributed by atoms with Gasteiger partial charge in [-0.25, -0.2) is 9.78 Å². The number of pyridine rings is 1. The average Bonchev–Trinajstić information content (AvgIpc) is 2.46. The minimum atomic E-state index is -1.01. The third kappa shape index (κ3) is 7.03. The maximum atomic E-state index is 10.6. The van der Waals surface area contributed by atoms with Crippen LogP contribution in [-0.4, -0.2) is 62.8 Å². The Morgan fingerprint density at radius 1 is 1.10 bits per heavy atom. The fourth-order valence-electron chi connectivity index (χ4n) is 1.26. The highest BCUT2D eigenvalue weighted by molar-refractivity contribution is 5.87. The normalized spacial score (nSPS) is 10.4. The van der Waals surface area contributed by atoms with Crippen LogP contribution in [0.1, 0.15) is 10.4 Å². The number of hydrogen-bond donors (Lipinski definition) is 1. The molecule has 0 amide bonds. The van der Waals surface area contributed by atoms with E-state index in [1.807, 2.05) is 0 Å². The summed E-state index contributed by atoms with van der Waals surface area (Å²) < 4.78 is 20.6. The first-order valence-corrected chi connectivity index (χ1v) is 6.20. The van der Waals surface area contributed by atoms with Gasteiger partial charge >= 0.3 is 5.97 Å². The Morgan fingerprint density at radius 3 is 2.30 bits per heavy atom. The number of carboxylic acids is 1. The van der Waals surface area contributed by atoms with Crippen LogP contribution in [-0.2, 0) is 14.2 Å². The minimum Gasteiger partial charge on any atom is -0.478 e. The van der Waals surface area contributed by atoms with Crippen LogP contribution < -0.4 is 4.74 Å². The first kappa shape index (κ1) is 16.4. The zero-order valence-corrected chi connectivity index (χ0v) is 11.4. The Hall–Kier alpha value is -1.70. The molecule has 7 nitrogen and oxygen atoms in total. The monoisotopic (exact) mass is 285 g/mol. The Labute approximate surface area is 117 Å². The van der Waals surface area contributed by atoms with Crippen LogP contribution in [0.3, 0.4) is 0 Å². The molecule has 1 heterocycles. The molecule has 0 aliphatic heterocycles. The Bertz CT molecular complexity index is 381. The van der Waals surface area contributed by atoms with Crippen LogP contribution >= 0.6 is 0 Å². The molecule has 0 bridgehead atoms. The second kappa shape index (κ2) is 10.1. The van der Waals surface area contributed by atoms with E-state index in [2.05, 4.69) is 4.98 Å². The highest BCUT2D eigenvalue weighted by Crippen LogP contribution is 2.07. The Balaban J connectivity index is 2.02.